The van der Waals surface area contributed by atoms with Crippen molar-refractivity contribution < 1.29 is 4.52 Å². The van der Waals surface area contributed by atoms with Crippen LogP contribution in [0.25, 0.3) is 0 Å². The molecule has 21 heavy (non-hydrogen) atoms. The van der Waals surface area contributed by atoms with Crippen molar-refractivity contribution >= 4 is 11.3 Å². The van der Waals surface area contributed by atoms with E-state index in [1.807, 2.05) is 18.3 Å². The summed E-state index contributed by atoms with van der Waals surface area (Å²) in [6.07, 6.45) is 1.16. The van der Waals surface area contributed by atoms with E-state index >= 15 is 0 Å². The highest BCUT2D eigenvalue weighted by Gasteiger charge is 2.25. The van der Waals surface area contributed by atoms with Gasteiger partial charge in [-0.05, 0) is 31.7 Å². The Hall–Kier alpha value is -1.24. The Balaban J connectivity index is 1.46. The van der Waals surface area contributed by atoms with Gasteiger partial charge in [0.05, 0.1) is 6.04 Å². The third kappa shape index (κ3) is 3.70. The number of hydrogen-bond acceptors (Lipinski definition) is 6. The van der Waals surface area contributed by atoms with Crippen molar-refractivity contribution in [3.63, 3.8) is 0 Å². The van der Waals surface area contributed by atoms with Crippen molar-refractivity contribution in [2.45, 2.75) is 26.3 Å². The number of thiophene rings is 1. The molecule has 0 aliphatic carbocycles. The van der Waals surface area contributed by atoms with Crippen LogP contribution in [-0.2, 0) is 6.42 Å². The zero-order valence-corrected chi connectivity index (χ0v) is 13.5. The van der Waals surface area contributed by atoms with Crippen molar-refractivity contribution in [2.24, 2.45) is 0 Å². The molecule has 0 spiro atoms. The largest absolute Gasteiger partial charge is 0.338 e. The van der Waals surface area contributed by atoms with Crippen LogP contribution in [0.15, 0.2) is 22.0 Å². The Bertz CT molecular complexity index is 546. The molecule has 2 aromatic heterocycles. The molecular weight excluding hydrogens is 284 g/mol. The summed E-state index contributed by atoms with van der Waals surface area (Å²) in [5.74, 6) is 1.45. The number of piperazine rings is 1. The van der Waals surface area contributed by atoms with Crippen LogP contribution in [0.4, 0.5) is 0 Å². The van der Waals surface area contributed by atoms with E-state index in [1.54, 1.807) is 0 Å². The van der Waals surface area contributed by atoms with E-state index in [1.165, 1.54) is 4.88 Å². The first kappa shape index (κ1) is 14.7. The molecule has 3 heterocycles. The lowest BCUT2D eigenvalue weighted by atomic mass is 10.2. The Kier molecular flexibility index (Phi) is 4.67. The minimum Gasteiger partial charge on any atom is -0.338 e. The van der Waals surface area contributed by atoms with Gasteiger partial charge in [0.25, 0.3) is 0 Å². The molecule has 0 bridgehead atoms. The average molecular weight is 306 g/mol. The summed E-state index contributed by atoms with van der Waals surface area (Å²) >= 11 is 1.85. The van der Waals surface area contributed by atoms with Gasteiger partial charge in [-0.2, -0.15) is 4.98 Å². The Morgan fingerprint density at radius 3 is 2.76 bits per heavy atom. The molecule has 6 heteroatoms. The van der Waals surface area contributed by atoms with Crippen molar-refractivity contribution in [3.8, 4) is 0 Å². The maximum atomic E-state index is 5.29. The summed E-state index contributed by atoms with van der Waals surface area (Å²) in [7, 11) is 0. The van der Waals surface area contributed by atoms with Gasteiger partial charge in [-0.1, -0.05) is 11.2 Å². The van der Waals surface area contributed by atoms with Crippen LogP contribution in [0.3, 0.4) is 0 Å². The maximum Gasteiger partial charge on any atom is 0.243 e. The molecule has 3 rings (SSSR count). The second-order valence-electron chi connectivity index (χ2n) is 5.56. The van der Waals surface area contributed by atoms with E-state index in [0.717, 1.165) is 45.0 Å². The fourth-order valence-electron chi connectivity index (χ4n) is 2.74. The lowest BCUT2D eigenvalue weighted by Crippen LogP contribution is -2.47. The van der Waals surface area contributed by atoms with Crippen LogP contribution in [-0.4, -0.2) is 52.7 Å². The summed E-state index contributed by atoms with van der Waals surface area (Å²) in [4.78, 5) is 10.8. The third-order valence-electron chi connectivity index (χ3n) is 4.11. The number of aryl methyl sites for hydroxylation is 1. The highest BCUT2D eigenvalue weighted by Crippen LogP contribution is 2.20. The van der Waals surface area contributed by atoms with Crippen LogP contribution >= 0.6 is 11.3 Å². The first-order valence-corrected chi connectivity index (χ1v) is 8.39. The summed E-state index contributed by atoms with van der Waals surface area (Å²) < 4.78 is 5.29. The van der Waals surface area contributed by atoms with Crippen molar-refractivity contribution in [1.29, 1.82) is 0 Å². The van der Waals surface area contributed by atoms with Crippen LogP contribution in [0, 0.1) is 6.92 Å². The minimum atomic E-state index is 0.214. The normalized spacial score (nSPS) is 19.0. The lowest BCUT2D eigenvalue weighted by Gasteiger charge is -2.36. The van der Waals surface area contributed by atoms with Gasteiger partial charge in [-0.15, -0.1) is 11.3 Å². The minimum absolute atomic E-state index is 0.214. The Morgan fingerprint density at radius 1 is 1.33 bits per heavy atom. The summed E-state index contributed by atoms with van der Waals surface area (Å²) in [6, 6.07) is 4.57. The van der Waals surface area contributed by atoms with Crippen molar-refractivity contribution in [1.82, 2.24) is 19.9 Å². The molecule has 1 fully saturated rings. The smallest absolute Gasteiger partial charge is 0.243 e. The van der Waals surface area contributed by atoms with Crippen LogP contribution in [0.1, 0.15) is 29.6 Å². The highest BCUT2D eigenvalue weighted by atomic mass is 32.1. The van der Waals surface area contributed by atoms with Gasteiger partial charge in [-0.3, -0.25) is 4.90 Å². The zero-order valence-electron chi connectivity index (χ0n) is 12.7. The second-order valence-corrected chi connectivity index (χ2v) is 6.60. The second kappa shape index (κ2) is 6.68. The molecule has 1 atom stereocenters. The van der Waals surface area contributed by atoms with Gasteiger partial charge in [0.1, 0.15) is 0 Å². The van der Waals surface area contributed by atoms with E-state index in [4.69, 9.17) is 4.52 Å². The quantitative estimate of drug-likeness (QED) is 0.848. The number of nitrogens with zero attached hydrogens (tertiary/aromatic N) is 4. The van der Waals surface area contributed by atoms with E-state index in [0.29, 0.717) is 5.82 Å². The fraction of sp³-hybridized carbons (Fsp3) is 0.600. The Labute approximate surface area is 129 Å². The van der Waals surface area contributed by atoms with Crippen LogP contribution < -0.4 is 0 Å². The fourth-order valence-corrected chi connectivity index (χ4v) is 3.43. The molecular formula is C15H22N4OS. The molecule has 5 nitrogen and oxygen atoms in total. The van der Waals surface area contributed by atoms with Crippen LogP contribution in [0.2, 0.25) is 0 Å². The summed E-state index contributed by atoms with van der Waals surface area (Å²) in [6.45, 7) is 9.52. The van der Waals surface area contributed by atoms with E-state index < -0.39 is 0 Å². The average Bonchev–Trinajstić information content (AvgIpc) is 3.16. The summed E-state index contributed by atoms with van der Waals surface area (Å²) in [5, 5.41) is 6.04. The molecule has 1 aliphatic heterocycles. The van der Waals surface area contributed by atoms with Gasteiger partial charge in [-0.25, -0.2) is 0 Å². The summed E-state index contributed by atoms with van der Waals surface area (Å²) in [5.41, 5.74) is 0. The van der Waals surface area contributed by atoms with Crippen molar-refractivity contribution in [3.05, 3.63) is 34.1 Å². The number of hydrogen-bond donors (Lipinski definition) is 0. The Morgan fingerprint density at radius 2 is 2.14 bits per heavy atom. The number of rotatable bonds is 5. The van der Waals surface area contributed by atoms with Crippen LogP contribution in [0.5, 0.6) is 0 Å². The van der Waals surface area contributed by atoms with E-state index in [-0.39, 0.29) is 6.04 Å². The molecule has 0 N–H and O–H groups in total. The molecule has 0 amide bonds. The number of aromatic nitrogens is 2. The molecule has 1 saturated heterocycles. The van der Waals surface area contributed by atoms with Crippen molar-refractivity contribution in [2.75, 3.05) is 32.7 Å². The first-order chi connectivity index (χ1) is 10.2. The van der Waals surface area contributed by atoms with Gasteiger partial charge >= 0.3 is 0 Å². The van der Waals surface area contributed by atoms with Gasteiger partial charge in [0, 0.05) is 37.6 Å². The molecule has 114 valence electrons. The van der Waals surface area contributed by atoms with E-state index in [2.05, 4.69) is 44.4 Å². The zero-order chi connectivity index (χ0) is 14.7. The van der Waals surface area contributed by atoms with Gasteiger partial charge < -0.3 is 9.42 Å². The molecule has 0 radical (unpaired) electrons. The maximum absolute atomic E-state index is 5.29. The van der Waals surface area contributed by atoms with Gasteiger partial charge in [0.15, 0.2) is 5.82 Å². The lowest BCUT2D eigenvalue weighted by molar-refractivity contribution is 0.0891. The molecule has 0 saturated carbocycles. The highest BCUT2D eigenvalue weighted by molar-refractivity contribution is 7.09. The molecule has 0 unspecified atom stereocenters. The topological polar surface area (TPSA) is 45.4 Å². The van der Waals surface area contributed by atoms with E-state index in [9.17, 15) is 0 Å². The van der Waals surface area contributed by atoms with Gasteiger partial charge in [0.2, 0.25) is 5.89 Å². The monoisotopic (exact) mass is 306 g/mol. The first-order valence-electron chi connectivity index (χ1n) is 7.51. The SMILES string of the molecule is Cc1noc([C@H](C)N2CCN(CCc3cccs3)CC2)n1. The molecule has 0 aromatic carbocycles. The third-order valence-corrected chi connectivity index (χ3v) is 5.05. The predicted molar refractivity (Wildman–Crippen MR) is 83.5 cm³/mol. The molecule has 1 aliphatic rings. The standard InChI is InChI=1S/C15H22N4OS/c1-12(15-16-13(2)17-20-15)19-9-7-18(8-10-19)6-5-14-4-3-11-21-14/h3-4,11-12H,5-10H2,1-2H3/t12-/m0/s1. The molecule has 2 aromatic rings. The predicted octanol–water partition coefficient (Wildman–Crippen LogP) is 2.36.